The minimum Gasteiger partial charge on any atom is -0.283 e. The zero-order valence-corrected chi connectivity index (χ0v) is 16.3. The van der Waals surface area contributed by atoms with E-state index < -0.39 is 20.5 Å². The van der Waals surface area contributed by atoms with Crippen LogP contribution in [0.15, 0.2) is 63.2 Å². The number of nitrogens with zero attached hydrogens (tertiary/aromatic N) is 2. The molecule has 0 unspecified atom stereocenters. The first-order chi connectivity index (χ1) is 12.8. The van der Waals surface area contributed by atoms with Crippen LogP contribution in [0.1, 0.15) is 5.56 Å². The zero-order valence-electron chi connectivity index (χ0n) is 13.8. The Morgan fingerprint density at radius 1 is 1.26 bits per heavy atom. The molecule has 0 bridgehead atoms. The third-order valence-electron chi connectivity index (χ3n) is 3.71. The van der Waals surface area contributed by atoms with Crippen LogP contribution in [-0.2, 0) is 22.1 Å². The van der Waals surface area contributed by atoms with E-state index in [0.717, 1.165) is 17.7 Å². The van der Waals surface area contributed by atoms with Crippen LogP contribution in [0.3, 0.4) is 0 Å². The lowest BCUT2D eigenvalue weighted by Crippen LogP contribution is -2.22. The molecule has 10 heteroatoms. The van der Waals surface area contributed by atoms with Crippen LogP contribution in [0.4, 0.5) is 8.78 Å². The Morgan fingerprint density at radius 2 is 1.96 bits per heavy atom. The van der Waals surface area contributed by atoms with Crippen LogP contribution >= 0.6 is 23.1 Å². The number of allylic oxidation sites excluding steroid dienone is 1. The number of alkyl halides is 2. The summed E-state index contributed by atoms with van der Waals surface area (Å²) >= 11 is 2.68. The molecule has 0 radical (unpaired) electrons. The fraction of sp³-hybridized carbons (Fsp3) is 0.176. The fourth-order valence-corrected chi connectivity index (χ4v) is 4.85. The highest BCUT2D eigenvalue weighted by atomic mass is 32.2. The second-order valence-electron chi connectivity index (χ2n) is 5.48. The van der Waals surface area contributed by atoms with Crippen molar-refractivity contribution in [2.45, 2.75) is 28.1 Å². The van der Waals surface area contributed by atoms with E-state index in [4.69, 9.17) is 0 Å². The van der Waals surface area contributed by atoms with Crippen molar-refractivity contribution in [3.63, 3.8) is 0 Å². The molecular formula is C17H14F2N2O3S3. The van der Waals surface area contributed by atoms with Gasteiger partial charge in [0.1, 0.15) is 4.83 Å². The number of hydrogen-bond acceptors (Lipinski definition) is 6. The number of sulfone groups is 1. The van der Waals surface area contributed by atoms with Crippen molar-refractivity contribution in [3.8, 4) is 0 Å². The fourth-order valence-electron chi connectivity index (χ4n) is 2.36. The smallest absolute Gasteiger partial charge is 0.283 e. The van der Waals surface area contributed by atoms with Gasteiger partial charge in [0.05, 0.1) is 10.3 Å². The van der Waals surface area contributed by atoms with Gasteiger partial charge in [-0.3, -0.25) is 9.36 Å². The Bertz CT molecular complexity index is 1140. The van der Waals surface area contributed by atoms with Gasteiger partial charge < -0.3 is 0 Å². The lowest BCUT2D eigenvalue weighted by Gasteiger charge is -2.10. The molecule has 0 amide bonds. The SMILES string of the molecule is C=CCn1c(SCc2ccc(S(=O)(=O)C(F)F)cc2)nc2sccc2c1=O. The summed E-state index contributed by atoms with van der Waals surface area (Å²) in [4.78, 5) is 17.3. The average Bonchev–Trinajstić information content (AvgIpc) is 3.11. The van der Waals surface area contributed by atoms with Gasteiger partial charge in [-0.25, -0.2) is 13.4 Å². The molecule has 142 valence electrons. The number of thioether (sulfide) groups is 1. The van der Waals surface area contributed by atoms with Crippen molar-refractivity contribution in [2.75, 3.05) is 0 Å². The van der Waals surface area contributed by atoms with Gasteiger partial charge in [-0.1, -0.05) is 30.0 Å². The average molecular weight is 429 g/mol. The van der Waals surface area contributed by atoms with Crippen molar-refractivity contribution in [3.05, 3.63) is 64.3 Å². The summed E-state index contributed by atoms with van der Waals surface area (Å²) in [6, 6.07) is 6.99. The summed E-state index contributed by atoms with van der Waals surface area (Å²) < 4.78 is 49.6. The lowest BCUT2D eigenvalue weighted by atomic mass is 10.2. The number of hydrogen-bond donors (Lipinski definition) is 0. The number of thiophene rings is 1. The molecule has 0 aliphatic carbocycles. The van der Waals surface area contributed by atoms with Gasteiger partial charge in [-0.2, -0.15) is 8.78 Å². The third-order valence-corrected chi connectivity index (χ3v) is 6.97. The summed E-state index contributed by atoms with van der Waals surface area (Å²) in [6.07, 6.45) is 1.61. The van der Waals surface area contributed by atoms with Gasteiger partial charge in [0.2, 0.25) is 9.84 Å². The minimum absolute atomic E-state index is 0.151. The third kappa shape index (κ3) is 3.97. The molecule has 5 nitrogen and oxygen atoms in total. The van der Waals surface area contributed by atoms with Crippen LogP contribution in [0.5, 0.6) is 0 Å². The van der Waals surface area contributed by atoms with Crippen molar-refractivity contribution in [1.82, 2.24) is 9.55 Å². The van der Waals surface area contributed by atoms with Crippen molar-refractivity contribution < 1.29 is 17.2 Å². The van der Waals surface area contributed by atoms with Crippen LogP contribution in [0, 0.1) is 0 Å². The normalized spacial score (nSPS) is 12.0. The first kappa shape index (κ1) is 19.7. The summed E-state index contributed by atoms with van der Waals surface area (Å²) in [6.45, 7) is 3.97. The molecule has 0 saturated heterocycles. The number of rotatable bonds is 7. The number of halogens is 2. The number of aromatic nitrogens is 2. The summed E-state index contributed by atoms with van der Waals surface area (Å²) in [5, 5.41) is 2.86. The Labute approximate surface area is 162 Å². The Kier molecular flexibility index (Phi) is 5.78. The molecule has 1 aromatic carbocycles. The van der Waals surface area contributed by atoms with Gasteiger partial charge in [0.15, 0.2) is 5.16 Å². The van der Waals surface area contributed by atoms with Crippen LogP contribution in [0.25, 0.3) is 10.2 Å². The Hall–Kier alpha value is -2.04. The zero-order chi connectivity index (χ0) is 19.6. The van der Waals surface area contributed by atoms with Crippen molar-refractivity contribution in [2.24, 2.45) is 0 Å². The summed E-state index contributed by atoms with van der Waals surface area (Å²) in [5.74, 6) is -3.05. The lowest BCUT2D eigenvalue weighted by molar-refractivity contribution is 0.234. The monoisotopic (exact) mass is 428 g/mol. The molecule has 0 aliphatic heterocycles. The molecule has 0 atom stereocenters. The van der Waals surface area contributed by atoms with Gasteiger partial charge >= 0.3 is 5.76 Å². The molecule has 2 heterocycles. The van der Waals surface area contributed by atoms with Gasteiger partial charge in [-0.05, 0) is 29.1 Å². The molecule has 27 heavy (non-hydrogen) atoms. The molecule has 0 saturated carbocycles. The van der Waals surface area contributed by atoms with E-state index in [9.17, 15) is 22.0 Å². The molecule has 3 rings (SSSR count). The molecular weight excluding hydrogens is 414 g/mol. The van der Waals surface area contributed by atoms with E-state index in [-0.39, 0.29) is 5.56 Å². The second-order valence-corrected chi connectivity index (χ2v) is 9.23. The van der Waals surface area contributed by atoms with E-state index in [1.807, 2.05) is 0 Å². The largest absolute Gasteiger partial charge is 0.341 e. The van der Waals surface area contributed by atoms with E-state index >= 15 is 0 Å². The highest BCUT2D eigenvalue weighted by molar-refractivity contribution is 7.98. The predicted molar refractivity (Wildman–Crippen MR) is 103 cm³/mol. The quantitative estimate of drug-likeness (QED) is 0.324. The van der Waals surface area contributed by atoms with E-state index in [2.05, 4.69) is 11.6 Å². The molecule has 0 N–H and O–H groups in total. The molecule has 3 aromatic rings. The first-order valence-electron chi connectivity index (χ1n) is 7.67. The summed E-state index contributed by atoms with van der Waals surface area (Å²) in [5.41, 5.74) is 0.570. The maximum absolute atomic E-state index is 12.6. The first-order valence-corrected chi connectivity index (χ1v) is 11.1. The predicted octanol–water partition coefficient (Wildman–Crippen LogP) is 3.93. The van der Waals surface area contributed by atoms with Crippen molar-refractivity contribution >= 4 is 43.2 Å². The van der Waals surface area contributed by atoms with Gasteiger partial charge in [-0.15, -0.1) is 17.9 Å². The van der Waals surface area contributed by atoms with Crippen LogP contribution in [-0.4, -0.2) is 23.7 Å². The highest BCUT2D eigenvalue weighted by Crippen LogP contribution is 2.25. The molecule has 0 fully saturated rings. The van der Waals surface area contributed by atoms with E-state index in [1.165, 1.54) is 39.8 Å². The molecule has 0 spiro atoms. The van der Waals surface area contributed by atoms with E-state index in [0.29, 0.717) is 27.7 Å². The number of benzene rings is 1. The van der Waals surface area contributed by atoms with Crippen LogP contribution in [0.2, 0.25) is 0 Å². The maximum atomic E-state index is 12.6. The molecule has 0 aliphatic rings. The standard InChI is InChI=1S/C17H14F2N2O3S3/c1-2-8-21-15(22)13-7-9-25-14(13)20-17(21)26-10-11-3-5-12(6-4-11)27(23,24)16(18)19/h2-7,9,16H,1,8,10H2. The van der Waals surface area contributed by atoms with Crippen LogP contribution < -0.4 is 5.56 Å². The van der Waals surface area contributed by atoms with Gasteiger partial charge in [0, 0.05) is 12.3 Å². The maximum Gasteiger partial charge on any atom is 0.341 e. The molecule has 2 aromatic heterocycles. The highest BCUT2D eigenvalue weighted by Gasteiger charge is 2.26. The Balaban J connectivity index is 1.85. The Morgan fingerprint density at radius 3 is 2.59 bits per heavy atom. The van der Waals surface area contributed by atoms with E-state index in [1.54, 1.807) is 17.5 Å². The topological polar surface area (TPSA) is 69.0 Å². The number of fused-ring (bicyclic) bond motifs is 1. The van der Waals surface area contributed by atoms with Gasteiger partial charge in [0.25, 0.3) is 5.56 Å². The van der Waals surface area contributed by atoms with Crippen molar-refractivity contribution in [1.29, 1.82) is 0 Å². The minimum atomic E-state index is -4.61. The summed E-state index contributed by atoms with van der Waals surface area (Å²) in [7, 11) is -4.61. The second kappa shape index (κ2) is 7.91.